The Bertz CT molecular complexity index is 443. The monoisotopic (exact) mass is 214 g/mol. The maximum atomic E-state index is 4.26. The third-order valence-electron chi connectivity index (χ3n) is 3.00. The standard InChI is InChI=1S/C14H18N2/c1-11(2)14(12-7-5-4-6-8-12)13-9-10-15-16(13)3/h4-11,14H,1-3H3/t14-/m0/s1. The molecule has 1 atom stereocenters. The van der Waals surface area contributed by atoms with Crippen molar-refractivity contribution in [1.29, 1.82) is 0 Å². The Morgan fingerprint density at radius 3 is 2.25 bits per heavy atom. The fraction of sp³-hybridized carbons (Fsp3) is 0.357. The van der Waals surface area contributed by atoms with E-state index in [0.29, 0.717) is 11.8 Å². The van der Waals surface area contributed by atoms with E-state index in [4.69, 9.17) is 0 Å². The van der Waals surface area contributed by atoms with E-state index in [2.05, 4.69) is 55.3 Å². The Kier molecular flexibility index (Phi) is 3.09. The molecule has 0 bridgehead atoms. The Morgan fingerprint density at radius 2 is 1.75 bits per heavy atom. The van der Waals surface area contributed by atoms with Crippen molar-refractivity contribution in [3.63, 3.8) is 0 Å². The largest absolute Gasteiger partial charge is 0.272 e. The molecule has 2 nitrogen and oxygen atoms in total. The molecule has 1 aromatic carbocycles. The van der Waals surface area contributed by atoms with Gasteiger partial charge >= 0.3 is 0 Å². The summed E-state index contributed by atoms with van der Waals surface area (Å²) in [4.78, 5) is 0. The van der Waals surface area contributed by atoms with Gasteiger partial charge in [0.1, 0.15) is 0 Å². The molecule has 0 aliphatic carbocycles. The molecule has 0 fully saturated rings. The quantitative estimate of drug-likeness (QED) is 0.767. The van der Waals surface area contributed by atoms with Crippen molar-refractivity contribution < 1.29 is 0 Å². The van der Waals surface area contributed by atoms with Crippen molar-refractivity contribution in [3.8, 4) is 0 Å². The highest BCUT2D eigenvalue weighted by Gasteiger charge is 2.20. The highest BCUT2D eigenvalue weighted by Crippen LogP contribution is 2.30. The van der Waals surface area contributed by atoms with Crippen LogP contribution < -0.4 is 0 Å². The van der Waals surface area contributed by atoms with Crippen molar-refractivity contribution in [2.45, 2.75) is 19.8 Å². The number of rotatable bonds is 3. The minimum absolute atomic E-state index is 0.425. The summed E-state index contributed by atoms with van der Waals surface area (Å²) in [5.41, 5.74) is 2.64. The van der Waals surface area contributed by atoms with Gasteiger partial charge < -0.3 is 0 Å². The lowest BCUT2D eigenvalue weighted by atomic mass is 9.86. The molecule has 0 unspecified atom stereocenters. The smallest absolute Gasteiger partial charge is 0.0492 e. The Hall–Kier alpha value is -1.57. The summed E-state index contributed by atoms with van der Waals surface area (Å²) in [5.74, 6) is 0.992. The first-order valence-electron chi connectivity index (χ1n) is 5.73. The van der Waals surface area contributed by atoms with E-state index in [1.165, 1.54) is 11.3 Å². The molecule has 1 heterocycles. The molecule has 16 heavy (non-hydrogen) atoms. The molecule has 0 N–H and O–H groups in total. The van der Waals surface area contributed by atoms with Crippen LogP contribution in [0, 0.1) is 5.92 Å². The van der Waals surface area contributed by atoms with Crippen LogP contribution in [-0.2, 0) is 7.05 Å². The van der Waals surface area contributed by atoms with Gasteiger partial charge in [0, 0.05) is 24.9 Å². The number of aromatic nitrogens is 2. The molecule has 2 rings (SSSR count). The lowest BCUT2D eigenvalue weighted by molar-refractivity contribution is 0.524. The van der Waals surface area contributed by atoms with E-state index in [0.717, 1.165) is 0 Å². The highest BCUT2D eigenvalue weighted by molar-refractivity contribution is 5.28. The predicted octanol–water partition coefficient (Wildman–Crippen LogP) is 3.21. The molecule has 0 spiro atoms. The van der Waals surface area contributed by atoms with Gasteiger partial charge in [-0.2, -0.15) is 5.10 Å². The van der Waals surface area contributed by atoms with E-state index in [-0.39, 0.29) is 0 Å². The fourth-order valence-corrected chi connectivity index (χ4v) is 2.25. The average molecular weight is 214 g/mol. The Labute approximate surface area is 96.9 Å². The maximum Gasteiger partial charge on any atom is 0.0492 e. The molecule has 1 aromatic heterocycles. The van der Waals surface area contributed by atoms with Gasteiger partial charge in [0.25, 0.3) is 0 Å². The fourth-order valence-electron chi connectivity index (χ4n) is 2.25. The SMILES string of the molecule is CC(C)[C@@H](c1ccccc1)c1ccnn1C. The van der Waals surface area contributed by atoms with Crippen molar-refractivity contribution in [2.75, 3.05) is 0 Å². The highest BCUT2D eigenvalue weighted by atomic mass is 15.3. The van der Waals surface area contributed by atoms with Crippen LogP contribution in [0.3, 0.4) is 0 Å². The summed E-state index contributed by atoms with van der Waals surface area (Å²) >= 11 is 0. The zero-order valence-corrected chi connectivity index (χ0v) is 10.1. The van der Waals surface area contributed by atoms with Gasteiger partial charge in [0.2, 0.25) is 0 Å². The minimum atomic E-state index is 0.425. The minimum Gasteiger partial charge on any atom is -0.272 e. The van der Waals surface area contributed by atoms with Crippen LogP contribution in [0.15, 0.2) is 42.6 Å². The first-order valence-corrected chi connectivity index (χ1v) is 5.73. The second kappa shape index (κ2) is 4.52. The van der Waals surface area contributed by atoms with Gasteiger partial charge in [-0.05, 0) is 17.5 Å². The normalized spacial score (nSPS) is 13.0. The van der Waals surface area contributed by atoms with Crippen LogP contribution in [0.5, 0.6) is 0 Å². The number of hydrogen-bond donors (Lipinski definition) is 0. The summed E-state index contributed by atoms with van der Waals surface area (Å²) in [6.45, 7) is 4.51. The second-order valence-corrected chi connectivity index (χ2v) is 4.51. The van der Waals surface area contributed by atoms with E-state index in [1.807, 2.05) is 17.9 Å². The lowest BCUT2D eigenvalue weighted by Gasteiger charge is -2.21. The van der Waals surface area contributed by atoms with Gasteiger partial charge in [0.15, 0.2) is 0 Å². The summed E-state index contributed by atoms with van der Waals surface area (Å²) in [5, 5.41) is 4.26. The van der Waals surface area contributed by atoms with Crippen molar-refractivity contribution in [2.24, 2.45) is 13.0 Å². The molecule has 0 radical (unpaired) electrons. The molecule has 0 aliphatic heterocycles. The van der Waals surface area contributed by atoms with Gasteiger partial charge in [-0.1, -0.05) is 44.2 Å². The molecule has 0 saturated carbocycles. The summed E-state index contributed by atoms with van der Waals surface area (Å²) < 4.78 is 1.97. The second-order valence-electron chi connectivity index (χ2n) is 4.51. The summed E-state index contributed by atoms with van der Waals surface area (Å²) in [6.07, 6.45) is 1.87. The van der Waals surface area contributed by atoms with E-state index < -0.39 is 0 Å². The predicted molar refractivity (Wildman–Crippen MR) is 66.3 cm³/mol. The number of nitrogens with zero attached hydrogens (tertiary/aromatic N) is 2. The molecule has 84 valence electrons. The van der Waals surface area contributed by atoms with Crippen LogP contribution in [0.2, 0.25) is 0 Å². The van der Waals surface area contributed by atoms with Gasteiger partial charge in [-0.15, -0.1) is 0 Å². The van der Waals surface area contributed by atoms with Crippen LogP contribution in [-0.4, -0.2) is 9.78 Å². The Balaban J connectivity index is 2.43. The Morgan fingerprint density at radius 1 is 1.06 bits per heavy atom. The van der Waals surface area contributed by atoms with E-state index in [1.54, 1.807) is 0 Å². The maximum absolute atomic E-state index is 4.26. The van der Waals surface area contributed by atoms with Crippen LogP contribution in [0.1, 0.15) is 31.0 Å². The van der Waals surface area contributed by atoms with Crippen molar-refractivity contribution >= 4 is 0 Å². The zero-order chi connectivity index (χ0) is 11.5. The first kappa shape index (κ1) is 10.9. The van der Waals surface area contributed by atoms with Crippen molar-refractivity contribution in [1.82, 2.24) is 9.78 Å². The molecule has 0 saturated heterocycles. The number of aryl methyl sites for hydroxylation is 1. The zero-order valence-electron chi connectivity index (χ0n) is 10.1. The number of benzene rings is 1. The van der Waals surface area contributed by atoms with Crippen molar-refractivity contribution in [3.05, 3.63) is 53.9 Å². The van der Waals surface area contributed by atoms with Gasteiger partial charge in [-0.3, -0.25) is 4.68 Å². The molecule has 0 aliphatic rings. The first-order chi connectivity index (χ1) is 7.70. The molecular weight excluding hydrogens is 196 g/mol. The third kappa shape index (κ3) is 2.01. The van der Waals surface area contributed by atoms with Gasteiger partial charge in [-0.25, -0.2) is 0 Å². The third-order valence-corrected chi connectivity index (χ3v) is 3.00. The summed E-state index contributed by atoms with van der Waals surface area (Å²) in [6, 6.07) is 12.7. The summed E-state index contributed by atoms with van der Waals surface area (Å²) in [7, 11) is 2.01. The number of hydrogen-bond acceptors (Lipinski definition) is 1. The molecule has 0 amide bonds. The van der Waals surface area contributed by atoms with E-state index in [9.17, 15) is 0 Å². The van der Waals surface area contributed by atoms with Crippen LogP contribution >= 0.6 is 0 Å². The topological polar surface area (TPSA) is 17.8 Å². The lowest BCUT2D eigenvalue weighted by Crippen LogP contribution is -2.12. The van der Waals surface area contributed by atoms with Crippen LogP contribution in [0.4, 0.5) is 0 Å². The van der Waals surface area contributed by atoms with E-state index >= 15 is 0 Å². The molecular formula is C14H18N2. The van der Waals surface area contributed by atoms with Gasteiger partial charge in [0.05, 0.1) is 0 Å². The molecule has 2 aromatic rings. The van der Waals surface area contributed by atoms with Crippen LogP contribution in [0.25, 0.3) is 0 Å². The average Bonchev–Trinajstić information content (AvgIpc) is 2.66. The molecule has 2 heteroatoms.